The molecule has 0 fully saturated rings. The molecule has 0 radical (unpaired) electrons. The second-order valence-electron chi connectivity index (χ2n) is 7.55. The monoisotopic (exact) mass is 376 g/mol. The maximum absolute atomic E-state index is 12.7. The highest BCUT2D eigenvalue weighted by molar-refractivity contribution is 6.12. The van der Waals surface area contributed by atoms with Crippen LogP contribution in [0.25, 0.3) is 33.4 Å². The molecule has 2 nitrogen and oxygen atoms in total. The number of hydrogen-bond acceptors (Lipinski definition) is 2. The van der Waals surface area contributed by atoms with Gasteiger partial charge in [0.1, 0.15) is 5.76 Å². The lowest BCUT2D eigenvalue weighted by molar-refractivity contribution is -0.130. The zero-order valence-corrected chi connectivity index (χ0v) is 16.4. The van der Waals surface area contributed by atoms with E-state index in [0.29, 0.717) is 11.3 Å². The molecule has 0 aliphatic carbocycles. The van der Waals surface area contributed by atoms with Crippen LogP contribution < -0.4 is 0 Å². The number of cyclic esters (lactones) is 1. The van der Waals surface area contributed by atoms with E-state index in [0.717, 1.165) is 38.2 Å². The SMILES string of the molecule is Cc1ccc(C2=C/C(=C\c3c4ccccc4cc4ccccc34)C(=O)O2)c(C)c1. The Labute approximate surface area is 169 Å². The lowest BCUT2D eigenvalue weighted by Crippen LogP contribution is -1.98. The van der Waals surface area contributed by atoms with Crippen molar-refractivity contribution < 1.29 is 9.53 Å². The van der Waals surface area contributed by atoms with Crippen molar-refractivity contribution in [1.82, 2.24) is 0 Å². The van der Waals surface area contributed by atoms with E-state index >= 15 is 0 Å². The Morgan fingerprint density at radius 2 is 1.45 bits per heavy atom. The number of hydrogen-bond donors (Lipinski definition) is 0. The molecule has 1 heterocycles. The van der Waals surface area contributed by atoms with Crippen LogP contribution in [0, 0.1) is 13.8 Å². The van der Waals surface area contributed by atoms with Gasteiger partial charge in [0, 0.05) is 5.56 Å². The highest BCUT2D eigenvalue weighted by atomic mass is 16.5. The lowest BCUT2D eigenvalue weighted by atomic mass is 9.95. The molecule has 0 saturated carbocycles. The van der Waals surface area contributed by atoms with Crippen molar-refractivity contribution in [1.29, 1.82) is 0 Å². The molecule has 1 aliphatic rings. The molecule has 140 valence electrons. The van der Waals surface area contributed by atoms with Gasteiger partial charge >= 0.3 is 5.97 Å². The van der Waals surface area contributed by atoms with Crippen molar-refractivity contribution in [3.63, 3.8) is 0 Å². The summed E-state index contributed by atoms with van der Waals surface area (Å²) >= 11 is 0. The third kappa shape index (κ3) is 3.03. The second-order valence-corrected chi connectivity index (χ2v) is 7.55. The van der Waals surface area contributed by atoms with Crippen LogP contribution in [0.1, 0.15) is 22.3 Å². The standard InChI is InChI=1S/C27H20O2/c1-17-11-12-22(18(2)13-17)26-16-21(27(28)29-26)15-25-23-9-5-3-7-19(23)14-20-8-4-6-10-24(20)25/h3-16H,1-2H3/b21-15+. The first-order valence-electron chi connectivity index (χ1n) is 9.74. The Bertz CT molecular complexity index is 1300. The smallest absolute Gasteiger partial charge is 0.343 e. The zero-order chi connectivity index (χ0) is 20.0. The van der Waals surface area contributed by atoms with E-state index in [4.69, 9.17) is 4.74 Å². The molecular weight excluding hydrogens is 356 g/mol. The number of esters is 1. The van der Waals surface area contributed by atoms with Gasteiger partial charge < -0.3 is 4.74 Å². The number of fused-ring (bicyclic) bond motifs is 2. The first-order chi connectivity index (χ1) is 14.1. The van der Waals surface area contributed by atoms with Crippen LogP contribution in [0.4, 0.5) is 0 Å². The van der Waals surface area contributed by atoms with Gasteiger partial charge in [-0.05, 0) is 64.7 Å². The van der Waals surface area contributed by atoms with Crippen LogP contribution in [-0.2, 0) is 9.53 Å². The molecule has 29 heavy (non-hydrogen) atoms. The number of benzene rings is 4. The number of ether oxygens (including phenoxy) is 1. The zero-order valence-electron chi connectivity index (χ0n) is 16.4. The molecule has 0 spiro atoms. The molecule has 0 atom stereocenters. The van der Waals surface area contributed by atoms with Crippen molar-refractivity contribution in [2.24, 2.45) is 0 Å². The van der Waals surface area contributed by atoms with E-state index < -0.39 is 0 Å². The summed E-state index contributed by atoms with van der Waals surface area (Å²) in [5.74, 6) is 0.306. The quantitative estimate of drug-likeness (QED) is 0.224. The fraction of sp³-hybridized carbons (Fsp3) is 0.0741. The third-order valence-corrected chi connectivity index (χ3v) is 5.49. The van der Waals surface area contributed by atoms with Crippen molar-refractivity contribution in [2.75, 3.05) is 0 Å². The normalized spacial score (nSPS) is 15.2. The van der Waals surface area contributed by atoms with Crippen molar-refractivity contribution >= 4 is 39.3 Å². The lowest BCUT2D eigenvalue weighted by Gasteiger charge is -2.08. The number of carbonyl (C=O) groups excluding carboxylic acids is 1. The largest absolute Gasteiger partial charge is 0.422 e. The Morgan fingerprint density at radius 3 is 2.10 bits per heavy atom. The maximum Gasteiger partial charge on any atom is 0.343 e. The van der Waals surface area contributed by atoms with Crippen LogP contribution >= 0.6 is 0 Å². The molecule has 4 aromatic rings. The number of rotatable bonds is 2. The predicted molar refractivity (Wildman–Crippen MR) is 119 cm³/mol. The Balaban J connectivity index is 1.71. The summed E-state index contributed by atoms with van der Waals surface area (Å²) in [5, 5.41) is 4.56. The minimum atomic E-state index is -0.308. The number of aryl methyl sites for hydroxylation is 2. The first-order valence-corrected chi connectivity index (χ1v) is 9.74. The Kier molecular flexibility index (Phi) is 4.06. The van der Waals surface area contributed by atoms with E-state index in [9.17, 15) is 4.79 Å². The van der Waals surface area contributed by atoms with Gasteiger partial charge in [-0.3, -0.25) is 0 Å². The van der Waals surface area contributed by atoms with E-state index in [1.54, 1.807) is 0 Å². The van der Waals surface area contributed by atoms with Gasteiger partial charge in [0.2, 0.25) is 0 Å². The minimum absolute atomic E-state index is 0.308. The summed E-state index contributed by atoms with van der Waals surface area (Å²) in [5.41, 5.74) is 4.86. The summed E-state index contributed by atoms with van der Waals surface area (Å²) in [6.45, 7) is 4.10. The van der Waals surface area contributed by atoms with Crippen molar-refractivity contribution in [3.05, 3.63) is 107 Å². The molecule has 5 rings (SSSR count). The molecule has 2 heteroatoms. The van der Waals surface area contributed by atoms with E-state index in [1.165, 1.54) is 5.56 Å². The minimum Gasteiger partial charge on any atom is -0.422 e. The summed E-state index contributed by atoms with van der Waals surface area (Å²) in [7, 11) is 0. The molecule has 0 bridgehead atoms. The summed E-state index contributed by atoms with van der Waals surface area (Å²) in [6.07, 6.45) is 3.82. The highest BCUT2D eigenvalue weighted by Gasteiger charge is 2.23. The van der Waals surface area contributed by atoms with Gasteiger partial charge in [-0.25, -0.2) is 4.79 Å². The van der Waals surface area contributed by atoms with Gasteiger partial charge in [-0.2, -0.15) is 0 Å². The van der Waals surface area contributed by atoms with Gasteiger partial charge in [0.25, 0.3) is 0 Å². The van der Waals surface area contributed by atoms with Gasteiger partial charge in [0.05, 0.1) is 5.57 Å². The fourth-order valence-corrected chi connectivity index (χ4v) is 4.07. The topological polar surface area (TPSA) is 26.3 Å². The molecule has 0 unspecified atom stereocenters. The van der Waals surface area contributed by atoms with Gasteiger partial charge in [-0.15, -0.1) is 0 Å². The van der Waals surface area contributed by atoms with Crippen molar-refractivity contribution in [2.45, 2.75) is 13.8 Å². The van der Waals surface area contributed by atoms with Crippen LogP contribution in [-0.4, -0.2) is 5.97 Å². The van der Waals surface area contributed by atoms with Crippen LogP contribution in [0.3, 0.4) is 0 Å². The van der Waals surface area contributed by atoms with E-state index in [2.05, 4.69) is 43.3 Å². The highest BCUT2D eigenvalue weighted by Crippen LogP contribution is 2.34. The second kappa shape index (κ2) is 6.75. The third-order valence-electron chi connectivity index (χ3n) is 5.49. The fourth-order valence-electron chi connectivity index (χ4n) is 4.07. The molecule has 0 saturated heterocycles. The van der Waals surface area contributed by atoms with Crippen LogP contribution in [0.2, 0.25) is 0 Å². The molecule has 0 amide bonds. The molecule has 0 aromatic heterocycles. The maximum atomic E-state index is 12.7. The van der Waals surface area contributed by atoms with Gasteiger partial charge in [0.15, 0.2) is 0 Å². The van der Waals surface area contributed by atoms with E-state index in [-0.39, 0.29) is 5.97 Å². The Morgan fingerprint density at radius 1 is 0.793 bits per heavy atom. The summed E-state index contributed by atoms with van der Waals surface area (Å²) < 4.78 is 5.63. The summed E-state index contributed by atoms with van der Waals surface area (Å²) in [4.78, 5) is 12.7. The van der Waals surface area contributed by atoms with Crippen LogP contribution in [0.15, 0.2) is 84.4 Å². The van der Waals surface area contributed by atoms with E-state index in [1.807, 2.05) is 55.5 Å². The predicted octanol–water partition coefficient (Wildman–Crippen LogP) is 6.59. The molecule has 1 aliphatic heterocycles. The first kappa shape index (κ1) is 17.4. The average molecular weight is 376 g/mol. The average Bonchev–Trinajstić information content (AvgIpc) is 3.08. The summed E-state index contributed by atoms with van der Waals surface area (Å²) in [6, 6.07) is 24.9. The molecular formula is C27H20O2. The van der Waals surface area contributed by atoms with Gasteiger partial charge in [-0.1, -0.05) is 72.3 Å². The Hall–Kier alpha value is -3.65. The van der Waals surface area contributed by atoms with Crippen LogP contribution in [0.5, 0.6) is 0 Å². The number of carbonyl (C=O) groups is 1. The molecule has 4 aromatic carbocycles. The van der Waals surface area contributed by atoms with Crippen molar-refractivity contribution in [3.8, 4) is 0 Å². The molecule has 0 N–H and O–H groups in total.